The van der Waals surface area contributed by atoms with Gasteiger partial charge in [-0.05, 0) is 12.8 Å². The Balaban J connectivity index is -0.000000845. The smallest absolute Gasteiger partial charge is 1.00 e. The van der Waals surface area contributed by atoms with E-state index >= 15 is 0 Å². The van der Waals surface area contributed by atoms with E-state index in [2.05, 4.69) is 25.3 Å². The molecule has 0 aliphatic carbocycles. The zero-order valence-electron chi connectivity index (χ0n) is 10.4. The van der Waals surface area contributed by atoms with Crippen LogP contribution in [0.5, 0.6) is 0 Å². The van der Waals surface area contributed by atoms with Gasteiger partial charge in [0, 0.05) is 12.8 Å². The molecule has 0 unspecified atom stereocenters. The first kappa shape index (κ1) is 18.4. The summed E-state index contributed by atoms with van der Waals surface area (Å²) >= 11 is 7.39. The van der Waals surface area contributed by atoms with Crippen molar-refractivity contribution in [2.24, 2.45) is 0 Å². The number of hydrogen-bond donors (Lipinski definition) is 2. The molecule has 0 amide bonds. The average Bonchev–Trinajstić information content (AvgIpc) is 2.08. The standard InChI is InChI=1S/C10H18O2S2.Na.H/c11-9(13)7-5-3-1-2-4-6-8-10(12)14;;/h1-8H2,(H,11,13)(H,12,14);;/q;+1;-1. The molecule has 5 heteroatoms. The van der Waals surface area contributed by atoms with Crippen molar-refractivity contribution in [3.63, 3.8) is 0 Å². The Hall–Kier alpha value is 1.04. The molecule has 0 N–H and O–H groups in total. The number of thiol groups is 2. The summed E-state index contributed by atoms with van der Waals surface area (Å²) in [6.45, 7) is 0. The number of hydrogen-bond acceptors (Lipinski definition) is 2. The summed E-state index contributed by atoms with van der Waals surface area (Å²) in [5.74, 6) is 0. The van der Waals surface area contributed by atoms with Crippen LogP contribution in [0.2, 0.25) is 0 Å². The molecule has 0 saturated carbocycles. The monoisotopic (exact) mass is 258 g/mol. The fraction of sp³-hybridized carbons (Fsp3) is 0.800. The average molecular weight is 258 g/mol. The quantitative estimate of drug-likeness (QED) is 0.350. The topological polar surface area (TPSA) is 34.1 Å². The molecule has 0 radical (unpaired) electrons. The Morgan fingerprint density at radius 2 is 1.00 bits per heavy atom. The van der Waals surface area contributed by atoms with E-state index in [0.717, 1.165) is 38.5 Å². The van der Waals surface area contributed by atoms with Crippen LogP contribution in [0.25, 0.3) is 0 Å². The predicted octanol–water partition coefficient (Wildman–Crippen LogP) is 0.136. The maximum atomic E-state index is 10.5. The van der Waals surface area contributed by atoms with Crippen molar-refractivity contribution < 1.29 is 40.6 Å². The van der Waals surface area contributed by atoms with Crippen LogP contribution in [0.3, 0.4) is 0 Å². The van der Waals surface area contributed by atoms with Crippen LogP contribution >= 0.6 is 25.3 Å². The van der Waals surface area contributed by atoms with Gasteiger partial charge in [-0.2, -0.15) is 0 Å². The summed E-state index contributed by atoms with van der Waals surface area (Å²) in [5.41, 5.74) is 0. The van der Waals surface area contributed by atoms with E-state index in [9.17, 15) is 9.59 Å². The summed E-state index contributed by atoms with van der Waals surface area (Å²) < 4.78 is 0. The van der Waals surface area contributed by atoms with Crippen LogP contribution in [0.4, 0.5) is 0 Å². The molecule has 0 aromatic carbocycles. The number of rotatable bonds is 9. The summed E-state index contributed by atoms with van der Waals surface area (Å²) in [7, 11) is 0. The third-order valence-corrected chi connectivity index (χ3v) is 2.48. The van der Waals surface area contributed by atoms with Gasteiger partial charge >= 0.3 is 29.6 Å². The van der Waals surface area contributed by atoms with Crippen molar-refractivity contribution in [1.82, 2.24) is 0 Å². The number of unbranched alkanes of at least 4 members (excludes halogenated alkanes) is 5. The zero-order chi connectivity index (χ0) is 10.8. The molecule has 0 aliphatic rings. The largest absolute Gasteiger partial charge is 1.00 e. The van der Waals surface area contributed by atoms with Gasteiger partial charge in [-0.3, -0.25) is 9.59 Å². The molecule has 0 rings (SSSR count). The van der Waals surface area contributed by atoms with Crippen LogP contribution in [-0.2, 0) is 9.59 Å². The van der Waals surface area contributed by atoms with Gasteiger partial charge in [-0.15, -0.1) is 25.3 Å². The molecule has 0 aliphatic heterocycles. The molecule has 0 spiro atoms. The molecular formula is C10H19NaO2S2. The van der Waals surface area contributed by atoms with Gasteiger partial charge in [0.2, 0.25) is 0 Å². The maximum Gasteiger partial charge on any atom is 1.00 e. The van der Waals surface area contributed by atoms with Gasteiger partial charge in [0.25, 0.3) is 0 Å². The third kappa shape index (κ3) is 17.6. The Morgan fingerprint density at radius 1 is 0.733 bits per heavy atom. The van der Waals surface area contributed by atoms with Crippen molar-refractivity contribution in [1.29, 1.82) is 0 Å². The zero-order valence-corrected chi connectivity index (χ0v) is 13.2. The minimum atomic E-state index is -0.0225. The maximum absolute atomic E-state index is 10.5. The van der Waals surface area contributed by atoms with E-state index in [1.54, 1.807) is 0 Å². The second-order valence-electron chi connectivity index (χ2n) is 3.41. The minimum absolute atomic E-state index is 0. The van der Waals surface area contributed by atoms with Crippen LogP contribution in [-0.4, -0.2) is 10.2 Å². The van der Waals surface area contributed by atoms with E-state index in [4.69, 9.17) is 0 Å². The molecule has 0 aromatic heterocycles. The fourth-order valence-electron chi connectivity index (χ4n) is 1.26. The van der Waals surface area contributed by atoms with Gasteiger partial charge in [-0.25, -0.2) is 0 Å². The number of carbonyl (C=O) groups excluding carboxylic acids is 2. The Labute approximate surface area is 127 Å². The van der Waals surface area contributed by atoms with E-state index in [1.165, 1.54) is 0 Å². The molecule has 2 nitrogen and oxygen atoms in total. The van der Waals surface area contributed by atoms with Gasteiger partial charge < -0.3 is 1.43 Å². The molecule has 0 saturated heterocycles. The van der Waals surface area contributed by atoms with E-state index in [0.29, 0.717) is 12.8 Å². The Bertz CT molecular complexity index is 172. The first-order valence-electron chi connectivity index (χ1n) is 5.06. The van der Waals surface area contributed by atoms with E-state index in [1.807, 2.05) is 0 Å². The van der Waals surface area contributed by atoms with E-state index in [-0.39, 0.29) is 41.2 Å². The SMILES string of the molecule is O=C(S)CCCCCCCCC(=O)S.[H-].[Na+]. The van der Waals surface area contributed by atoms with Gasteiger partial charge in [0.15, 0.2) is 10.2 Å². The van der Waals surface area contributed by atoms with Crippen molar-refractivity contribution in [2.75, 3.05) is 0 Å². The molecule has 0 heterocycles. The van der Waals surface area contributed by atoms with Crippen molar-refractivity contribution in [3.8, 4) is 0 Å². The Morgan fingerprint density at radius 3 is 1.27 bits per heavy atom. The summed E-state index contributed by atoms with van der Waals surface area (Å²) in [6, 6.07) is 0. The summed E-state index contributed by atoms with van der Waals surface area (Å²) in [5, 5.41) is -0.0451. The second-order valence-corrected chi connectivity index (χ2v) is 4.41. The van der Waals surface area contributed by atoms with Crippen LogP contribution in [0.1, 0.15) is 52.8 Å². The predicted molar refractivity (Wildman–Crippen MR) is 66.0 cm³/mol. The summed E-state index contributed by atoms with van der Waals surface area (Å²) in [6.07, 6.45) is 7.49. The second kappa shape index (κ2) is 13.1. The van der Waals surface area contributed by atoms with Gasteiger partial charge in [0.1, 0.15) is 0 Å². The molecule has 0 bridgehead atoms. The molecule has 15 heavy (non-hydrogen) atoms. The third-order valence-electron chi connectivity index (χ3n) is 2.03. The molecule has 0 aromatic rings. The normalized spacial score (nSPS) is 9.47. The van der Waals surface area contributed by atoms with Gasteiger partial charge in [-0.1, -0.05) is 25.7 Å². The molecule has 0 fully saturated rings. The molecular weight excluding hydrogens is 239 g/mol. The van der Waals surface area contributed by atoms with Crippen molar-refractivity contribution >= 4 is 35.5 Å². The first-order chi connectivity index (χ1) is 6.63. The number of carbonyl (C=O) groups is 2. The van der Waals surface area contributed by atoms with Crippen LogP contribution in [0.15, 0.2) is 0 Å². The Kier molecular flexibility index (Phi) is 16.1. The first-order valence-corrected chi connectivity index (χ1v) is 5.96. The van der Waals surface area contributed by atoms with E-state index < -0.39 is 0 Å². The van der Waals surface area contributed by atoms with Crippen molar-refractivity contribution in [3.05, 3.63) is 0 Å². The van der Waals surface area contributed by atoms with Crippen LogP contribution < -0.4 is 29.6 Å². The van der Waals surface area contributed by atoms with Crippen molar-refractivity contribution in [2.45, 2.75) is 51.4 Å². The summed E-state index contributed by atoms with van der Waals surface area (Å²) in [4.78, 5) is 20.9. The minimum Gasteiger partial charge on any atom is -1.00 e. The molecule has 84 valence electrons. The fourth-order valence-corrected chi connectivity index (χ4v) is 1.58. The van der Waals surface area contributed by atoms with Crippen LogP contribution in [0, 0.1) is 0 Å². The molecule has 0 atom stereocenters. The van der Waals surface area contributed by atoms with Gasteiger partial charge in [0.05, 0.1) is 0 Å².